The molecule has 7 nitrogen and oxygen atoms in total. The third-order valence-electron chi connectivity index (χ3n) is 3.78. The van der Waals surface area contributed by atoms with Crippen LogP contribution in [0.5, 0.6) is 0 Å². The van der Waals surface area contributed by atoms with Gasteiger partial charge in [0.1, 0.15) is 22.0 Å². The van der Waals surface area contributed by atoms with Gasteiger partial charge < -0.3 is 4.42 Å². The largest absolute Gasteiger partial charge is 0.464 e. The highest BCUT2D eigenvalue weighted by atomic mass is 32.1. The first-order valence-corrected chi connectivity index (χ1v) is 8.60. The van der Waals surface area contributed by atoms with Gasteiger partial charge in [0.05, 0.1) is 6.26 Å². The summed E-state index contributed by atoms with van der Waals surface area (Å²) in [5, 5.41) is 10.9. The van der Waals surface area contributed by atoms with Crippen LogP contribution in [0.4, 0.5) is 0 Å². The maximum atomic E-state index is 5.58. The van der Waals surface area contributed by atoms with Crippen molar-refractivity contribution in [3.63, 3.8) is 0 Å². The molecule has 5 heterocycles. The van der Waals surface area contributed by atoms with Crippen LogP contribution >= 0.6 is 11.3 Å². The van der Waals surface area contributed by atoms with Gasteiger partial charge in [0.2, 0.25) is 0 Å². The van der Waals surface area contributed by atoms with Crippen molar-refractivity contribution in [1.29, 1.82) is 0 Å². The Hall–Kier alpha value is -3.52. The summed E-state index contributed by atoms with van der Waals surface area (Å²) in [6.45, 7) is 0. The van der Waals surface area contributed by atoms with E-state index in [0.717, 1.165) is 16.0 Å². The minimum atomic E-state index is 0.540. The maximum Gasteiger partial charge on any atom is 0.178 e. The number of rotatable bonds is 3. The molecule has 0 amide bonds. The van der Waals surface area contributed by atoms with Crippen LogP contribution in [0.15, 0.2) is 65.8 Å². The Morgan fingerprint density at radius 3 is 2.65 bits per heavy atom. The zero-order valence-electron chi connectivity index (χ0n) is 13.3. The van der Waals surface area contributed by atoms with E-state index >= 15 is 0 Å². The molecule has 0 atom stereocenters. The van der Waals surface area contributed by atoms with E-state index in [9.17, 15) is 0 Å². The predicted molar refractivity (Wildman–Crippen MR) is 97.2 cm³/mol. The van der Waals surface area contributed by atoms with Crippen molar-refractivity contribution in [2.45, 2.75) is 0 Å². The summed E-state index contributed by atoms with van der Waals surface area (Å²) in [7, 11) is 0. The topological polar surface area (TPSA) is 90.5 Å². The van der Waals surface area contributed by atoms with Crippen LogP contribution in [0.1, 0.15) is 0 Å². The third kappa shape index (κ3) is 2.52. The lowest BCUT2D eigenvalue weighted by molar-refractivity contribution is 0.616. The Morgan fingerprint density at radius 1 is 0.923 bits per heavy atom. The zero-order chi connectivity index (χ0) is 17.3. The van der Waals surface area contributed by atoms with Crippen molar-refractivity contribution >= 4 is 22.3 Å². The van der Waals surface area contributed by atoms with Crippen LogP contribution in [0.2, 0.25) is 0 Å². The van der Waals surface area contributed by atoms with E-state index in [1.807, 2.05) is 24.3 Å². The zero-order valence-corrected chi connectivity index (χ0v) is 14.1. The van der Waals surface area contributed by atoms with Crippen LogP contribution < -0.4 is 0 Å². The minimum Gasteiger partial charge on any atom is -0.464 e. The number of furan rings is 1. The smallest absolute Gasteiger partial charge is 0.178 e. The van der Waals surface area contributed by atoms with Crippen molar-refractivity contribution in [3.8, 4) is 32.8 Å². The fourth-order valence-electron chi connectivity index (χ4n) is 2.60. The Labute approximate surface area is 151 Å². The Balaban J connectivity index is 1.65. The molecule has 0 aliphatic heterocycles. The fraction of sp³-hybridized carbons (Fsp3) is 0. The highest BCUT2D eigenvalue weighted by Gasteiger charge is 2.16. The molecule has 124 valence electrons. The van der Waals surface area contributed by atoms with Crippen molar-refractivity contribution in [1.82, 2.24) is 30.1 Å². The molecule has 0 aliphatic rings. The molecule has 0 radical (unpaired) electrons. The van der Waals surface area contributed by atoms with Gasteiger partial charge in [0.15, 0.2) is 10.8 Å². The van der Waals surface area contributed by atoms with Gasteiger partial charge in [-0.25, -0.2) is 15.0 Å². The van der Waals surface area contributed by atoms with E-state index in [1.54, 1.807) is 37.1 Å². The summed E-state index contributed by atoms with van der Waals surface area (Å²) in [4.78, 5) is 17.5. The summed E-state index contributed by atoms with van der Waals surface area (Å²) in [5.41, 5.74) is 2.95. The second kappa shape index (κ2) is 6.08. The molecule has 0 saturated carbocycles. The molecule has 0 unspecified atom stereocenters. The van der Waals surface area contributed by atoms with Gasteiger partial charge in [-0.3, -0.25) is 4.98 Å². The first-order valence-electron chi connectivity index (χ1n) is 7.78. The summed E-state index contributed by atoms with van der Waals surface area (Å²) in [6, 6.07) is 9.30. The summed E-state index contributed by atoms with van der Waals surface area (Å²) < 4.78 is 5.58. The number of pyridine rings is 2. The Morgan fingerprint density at radius 2 is 1.81 bits per heavy atom. The number of hydrogen-bond donors (Lipinski definition) is 0. The van der Waals surface area contributed by atoms with Crippen molar-refractivity contribution < 1.29 is 4.42 Å². The Bertz CT molecular complexity index is 1190. The second-order valence-corrected chi connectivity index (χ2v) is 6.39. The van der Waals surface area contributed by atoms with Crippen molar-refractivity contribution in [2.75, 3.05) is 0 Å². The first kappa shape index (κ1) is 14.8. The molecular formula is C18H10N6OS. The fourth-order valence-corrected chi connectivity index (χ4v) is 3.39. The normalized spacial score (nSPS) is 11.1. The number of hydrogen-bond acceptors (Lipinski definition) is 8. The van der Waals surface area contributed by atoms with Gasteiger partial charge in [0, 0.05) is 41.8 Å². The van der Waals surface area contributed by atoms with E-state index < -0.39 is 0 Å². The van der Waals surface area contributed by atoms with Gasteiger partial charge >= 0.3 is 0 Å². The average molecular weight is 358 g/mol. The number of nitrogens with zero attached hydrogens (tertiary/aromatic N) is 6. The van der Waals surface area contributed by atoms with Crippen LogP contribution in [-0.2, 0) is 0 Å². The summed E-state index contributed by atoms with van der Waals surface area (Å²) >= 11 is 1.45. The molecule has 26 heavy (non-hydrogen) atoms. The number of aromatic nitrogens is 6. The van der Waals surface area contributed by atoms with Gasteiger partial charge in [-0.15, -0.1) is 10.2 Å². The highest BCUT2D eigenvalue weighted by Crippen LogP contribution is 2.33. The quantitative estimate of drug-likeness (QED) is 0.483. The first-order chi connectivity index (χ1) is 12.9. The van der Waals surface area contributed by atoms with Gasteiger partial charge in [-0.1, -0.05) is 11.3 Å². The molecule has 0 aliphatic carbocycles. The summed E-state index contributed by atoms with van der Waals surface area (Å²) in [5.74, 6) is 0.540. The molecule has 0 N–H and O–H groups in total. The van der Waals surface area contributed by atoms with Gasteiger partial charge in [0.25, 0.3) is 0 Å². The highest BCUT2D eigenvalue weighted by molar-refractivity contribution is 7.17. The van der Waals surface area contributed by atoms with Gasteiger partial charge in [-0.2, -0.15) is 0 Å². The standard InChI is InChI=1S/C18H10N6OS/c1-3-11(10-19-5-1)17-23-24-18(26-17)13-9-14-12(4-8-25-14)15(22-13)16-20-6-2-7-21-16/h1-10H. The molecule has 5 rings (SSSR count). The molecule has 0 bridgehead atoms. The third-order valence-corrected chi connectivity index (χ3v) is 4.78. The van der Waals surface area contributed by atoms with Crippen LogP contribution in [-0.4, -0.2) is 30.1 Å². The SMILES string of the molecule is c1cnc(-c2nc(-c3nnc(-c4cccnc4)s3)cc3occc23)nc1. The lowest BCUT2D eigenvalue weighted by Crippen LogP contribution is -1.93. The monoisotopic (exact) mass is 358 g/mol. The van der Waals surface area contributed by atoms with Crippen LogP contribution in [0.3, 0.4) is 0 Å². The van der Waals surface area contributed by atoms with Crippen LogP contribution in [0, 0.1) is 0 Å². The van der Waals surface area contributed by atoms with Gasteiger partial charge in [-0.05, 0) is 24.3 Å². The van der Waals surface area contributed by atoms with E-state index in [2.05, 4.69) is 25.1 Å². The summed E-state index contributed by atoms with van der Waals surface area (Å²) in [6.07, 6.45) is 8.49. The van der Waals surface area contributed by atoms with Crippen molar-refractivity contribution in [2.24, 2.45) is 0 Å². The lowest BCUT2D eigenvalue weighted by Gasteiger charge is -2.03. The average Bonchev–Trinajstić information content (AvgIpc) is 3.38. The molecular weight excluding hydrogens is 348 g/mol. The van der Waals surface area contributed by atoms with Crippen molar-refractivity contribution in [3.05, 3.63) is 61.4 Å². The Kier molecular flexibility index (Phi) is 3.46. The molecule has 0 spiro atoms. The lowest BCUT2D eigenvalue weighted by atomic mass is 10.2. The second-order valence-electron chi connectivity index (χ2n) is 5.41. The molecule has 8 heteroatoms. The maximum absolute atomic E-state index is 5.58. The molecule has 0 aromatic carbocycles. The molecule has 0 fully saturated rings. The van der Waals surface area contributed by atoms with E-state index in [0.29, 0.717) is 27.8 Å². The molecule has 5 aromatic heterocycles. The van der Waals surface area contributed by atoms with E-state index in [-0.39, 0.29) is 0 Å². The minimum absolute atomic E-state index is 0.540. The predicted octanol–water partition coefficient (Wildman–Crippen LogP) is 3.87. The molecule has 5 aromatic rings. The number of fused-ring (bicyclic) bond motifs is 1. The molecule has 0 saturated heterocycles. The van der Waals surface area contributed by atoms with E-state index in [4.69, 9.17) is 9.40 Å². The van der Waals surface area contributed by atoms with Crippen LogP contribution in [0.25, 0.3) is 43.8 Å². The van der Waals surface area contributed by atoms with E-state index in [1.165, 1.54) is 11.3 Å².